The molecule has 0 aromatic heterocycles. The van der Waals surface area contributed by atoms with Gasteiger partial charge < -0.3 is 5.32 Å². The third-order valence-corrected chi connectivity index (χ3v) is 2.65. The second-order valence-corrected chi connectivity index (χ2v) is 3.76. The van der Waals surface area contributed by atoms with Crippen LogP contribution in [0.15, 0.2) is 0 Å². The molecule has 10 heavy (non-hydrogen) atoms. The van der Waals surface area contributed by atoms with E-state index in [1.54, 1.807) is 0 Å². The Labute approximate surface area is 62.0 Å². The molecule has 1 saturated heterocycles. The summed E-state index contributed by atoms with van der Waals surface area (Å²) >= 11 is 0. The zero-order chi connectivity index (χ0) is 7.78. The maximum atomic E-state index is 10.9. The number of carbonyl (C=O) groups is 1. The molecule has 2 heteroatoms. The van der Waals surface area contributed by atoms with Gasteiger partial charge in [0.1, 0.15) is 0 Å². The molecule has 58 valence electrons. The van der Waals surface area contributed by atoms with Gasteiger partial charge in [0.2, 0.25) is 5.91 Å². The number of hydrogen-bond donors (Lipinski definition) is 1. The molecule has 1 rings (SSSR count). The Morgan fingerprint density at radius 1 is 1.60 bits per heavy atom. The van der Waals surface area contributed by atoms with Crippen molar-refractivity contribution in [2.24, 2.45) is 11.3 Å². The van der Waals surface area contributed by atoms with Gasteiger partial charge in [0, 0.05) is 13.0 Å². The van der Waals surface area contributed by atoms with Gasteiger partial charge in [0.05, 0.1) is 0 Å². The van der Waals surface area contributed by atoms with Crippen molar-refractivity contribution in [3.8, 4) is 0 Å². The van der Waals surface area contributed by atoms with Gasteiger partial charge in [-0.15, -0.1) is 0 Å². The van der Waals surface area contributed by atoms with Gasteiger partial charge in [-0.25, -0.2) is 0 Å². The Morgan fingerprint density at radius 2 is 2.20 bits per heavy atom. The van der Waals surface area contributed by atoms with Crippen LogP contribution < -0.4 is 5.32 Å². The molecule has 1 amide bonds. The number of hydrogen-bond acceptors (Lipinski definition) is 1. The highest BCUT2D eigenvalue weighted by Crippen LogP contribution is 2.33. The molecule has 2 nitrogen and oxygen atoms in total. The molecule has 1 heterocycles. The second kappa shape index (κ2) is 2.26. The van der Waals surface area contributed by atoms with E-state index in [1.807, 2.05) is 0 Å². The molecule has 1 unspecified atom stereocenters. The van der Waals surface area contributed by atoms with Crippen molar-refractivity contribution in [2.75, 3.05) is 6.54 Å². The molecule has 0 radical (unpaired) electrons. The minimum atomic E-state index is 0.205. The van der Waals surface area contributed by atoms with Gasteiger partial charge in [-0.2, -0.15) is 0 Å². The lowest BCUT2D eigenvalue weighted by Crippen LogP contribution is -2.25. The molecular formula is C8H15NO. The van der Waals surface area contributed by atoms with Gasteiger partial charge >= 0.3 is 0 Å². The molecule has 0 aliphatic carbocycles. The quantitative estimate of drug-likeness (QED) is 0.583. The molecule has 1 fully saturated rings. The average molecular weight is 141 g/mol. The fraction of sp³-hybridized carbons (Fsp3) is 0.875. The van der Waals surface area contributed by atoms with E-state index in [4.69, 9.17) is 0 Å². The lowest BCUT2D eigenvalue weighted by Gasteiger charge is -2.25. The van der Waals surface area contributed by atoms with E-state index in [9.17, 15) is 4.79 Å². The van der Waals surface area contributed by atoms with Gasteiger partial charge in [-0.05, 0) is 11.3 Å². The molecule has 1 aliphatic heterocycles. The summed E-state index contributed by atoms with van der Waals surface area (Å²) in [6.45, 7) is 7.35. The van der Waals surface area contributed by atoms with Crippen LogP contribution in [-0.4, -0.2) is 12.5 Å². The van der Waals surface area contributed by atoms with Crippen LogP contribution >= 0.6 is 0 Å². The fourth-order valence-corrected chi connectivity index (χ4v) is 1.20. The molecule has 1 aliphatic rings. The van der Waals surface area contributed by atoms with Crippen molar-refractivity contribution in [3.05, 3.63) is 0 Å². The van der Waals surface area contributed by atoms with Crippen LogP contribution in [0.25, 0.3) is 0 Å². The highest BCUT2D eigenvalue weighted by molar-refractivity contribution is 5.79. The van der Waals surface area contributed by atoms with Crippen LogP contribution in [0.2, 0.25) is 0 Å². The van der Waals surface area contributed by atoms with E-state index in [0.717, 1.165) is 6.54 Å². The normalized spacial score (nSPS) is 33.0. The lowest BCUT2D eigenvalue weighted by molar-refractivity contribution is -0.119. The first-order valence-electron chi connectivity index (χ1n) is 3.81. The topological polar surface area (TPSA) is 29.1 Å². The van der Waals surface area contributed by atoms with Gasteiger partial charge in [-0.1, -0.05) is 20.8 Å². The van der Waals surface area contributed by atoms with Gasteiger partial charge in [0.15, 0.2) is 0 Å². The van der Waals surface area contributed by atoms with Crippen molar-refractivity contribution < 1.29 is 4.79 Å². The predicted octanol–water partition coefficient (Wildman–Crippen LogP) is 1.17. The van der Waals surface area contributed by atoms with E-state index in [1.165, 1.54) is 0 Å². The summed E-state index contributed by atoms with van der Waals surface area (Å²) in [6.07, 6.45) is 0.699. The monoisotopic (exact) mass is 141 g/mol. The predicted molar refractivity (Wildman–Crippen MR) is 40.6 cm³/mol. The van der Waals surface area contributed by atoms with E-state index in [-0.39, 0.29) is 11.3 Å². The van der Waals surface area contributed by atoms with Crippen LogP contribution in [0.5, 0.6) is 0 Å². The van der Waals surface area contributed by atoms with Gasteiger partial charge in [-0.3, -0.25) is 4.79 Å². The lowest BCUT2D eigenvalue weighted by atomic mass is 9.78. The van der Waals surface area contributed by atoms with Gasteiger partial charge in [0.25, 0.3) is 0 Å². The Balaban J connectivity index is 2.63. The summed E-state index contributed by atoms with van der Waals surface area (Å²) in [6, 6.07) is 0. The van der Waals surface area contributed by atoms with Crippen molar-refractivity contribution in [3.63, 3.8) is 0 Å². The maximum Gasteiger partial charge on any atom is 0.220 e. The number of carbonyl (C=O) groups excluding carboxylic acids is 1. The van der Waals surface area contributed by atoms with Crippen molar-refractivity contribution in [1.29, 1.82) is 0 Å². The van der Waals surface area contributed by atoms with Crippen LogP contribution in [0, 0.1) is 11.3 Å². The Hall–Kier alpha value is -0.530. The molecule has 0 aromatic carbocycles. The summed E-state index contributed by atoms with van der Waals surface area (Å²) in [5.74, 6) is 0.794. The molecule has 1 N–H and O–H groups in total. The first kappa shape index (κ1) is 7.58. The Kier molecular flexibility index (Phi) is 1.71. The van der Waals surface area contributed by atoms with E-state index in [2.05, 4.69) is 26.1 Å². The van der Waals surface area contributed by atoms with E-state index in [0.29, 0.717) is 12.3 Å². The smallest absolute Gasteiger partial charge is 0.220 e. The molecule has 0 spiro atoms. The minimum Gasteiger partial charge on any atom is -0.356 e. The summed E-state index contributed by atoms with van der Waals surface area (Å²) in [5.41, 5.74) is 0.205. The van der Waals surface area contributed by atoms with Crippen LogP contribution in [-0.2, 0) is 4.79 Å². The highest BCUT2D eigenvalue weighted by Gasteiger charge is 2.36. The molecular weight excluding hydrogens is 126 g/mol. The average Bonchev–Trinajstić information content (AvgIpc) is 2.13. The zero-order valence-corrected chi connectivity index (χ0v) is 6.90. The second-order valence-electron chi connectivity index (χ2n) is 3.76. The first-order chi connectivity index (χ1) is 4.54. The highest BCUT2D eigenvalue weighted by atomic mass is 16.1. The van der Waals surface area contributed by atoms with Crippen molar-refractivity contribution >= 4 is 5.91 Å². The number of rotatable bonds is 1. The van der Waals surface area contributed by atoms with E-state index < -0.39 is 0 Å². The van der Waals surface area contributed by atoms with Crippen molar-refractivity contribution in [2.45, 2.75) is 27.2 Å². The van der Waals surface area contributed by atoms with Crippen LogP contribution in [0.1, 0.15) is 27.2 Å². The molecule has 0 bridgehead atoms. The maximum absolute atomic E-state index is 10.9. The van der Waals surface area contributed by atoms with Crippen LogP contribution in [0.4, 0.5) is 0 Å². The minimum absolute atomic E-state index is 0.205. The third-order valence-electron chi connectivity index (χ3n) is 2.65. The summed E-state index contributed by atoms with van der Waals surface area (Å²) in [7, 11) is 0. The molecule has 0 saturated carbocycles. The summed E-state index contributed by atoms with van der Waals surface area (Å²) < 4.78 is 0. The van der Waals surface area contributed by atoms with E-state index >= 15 is 0 Å². The Bertz CT molecular complexity index is 153. The Morgan fingerprint density at radius 3 is 2.40 bits per heavy atom. The standard InChI is InChI=1S/C8H15NO/c1-6(2)8(3)4-7(10)9-5-8/h6H,4-5H2,1-3H3,(H,9,10). The number of amides is 1. The van der Waals surface area contributed by atoms with Crippen LogP contribution in [0.3, 0.4) is 0 Å². The molecule has 1 atom stereocenters. The summed E-state index contributed by atoms with van der Waals surface area (Å²) in [4.78, 5) is 10.9. The fourth-order valence-electron chi connectivity index (χ4n) is 1.20. The first-order valence-corrected chi connectivity index (χ1v) is 3.81. The summed E-state index contributed by atoms with van der Waals surface area (Å²) in [5, 5.41) is 2.85. The van der Waals surface area contributed by atoms with Crippen molar-refractivity contribution in [1.82, 2.24) is 5.32 Å². The third kappa shape index (κ3) is 1.15. The number of nitrogens with one attached hydrogen (secondary N) is 1. The molecule has 0 aromatic rings. The zero-order valence-electron chi connectivity index (χ0n) is 6.90. The SMILES string of the molecule is CC(C)C1(C)CNC(=O)C1. The largest absolute Gasteiger partial charge is 0.356 e.